The molecule has 0 amide bonds. The van der Waals surface area contributed by atoms with Crippen LogP contribution in [0.4, 0.5) is 13.2 Å². The maximum Gasteiger partial charge on any atom is 0.416 e. The van der Waals surface area contributed by atoms with Gasteiger partial charge in [0.2, 0.25) is 0 Å². The molecule has 0 bridgehead atoms. The van der Waals surface area contributed by atoms with Gasteiger partial charge in [0.25, 0.3) is 0 Å². The van der Waals surface area contributed by atoms with Crippen molar-refractivity contribution in [3.63, 3.8) is 0 Å². The van der Waals surface area contributed by atoms with Gasteiger partial charge in [-0.05, 0) is 49.9 Å². The van der Waals surface area contributed by atoms with Crippen LogP contribution in [-0.4, -0.2) is 37.2 Å². The van der Waals surface area contributed by atoms with E-state index in [1.165, 1.54) is 12.1 Å². The first-order chi connectivity index (χ1) is 10.9. The van der Waals surface area contributed by atoms with Gasteiger partial charge < -0.3 is 4.74 Å². The van der Waals surface area contributed by atoms with Gasteiger partial charge in [0, 0.05) is 13.2 Å². The first-order valence-electron chi connectivity index (χ1n) is 8.34. The van der Waals surface area contributed by atoms with Crippen molar-refractivity contribution < 1.29 is 17.9 Å². The molecule has 1 aromatic rings. The lowest BCUT2D eigenvalue weighted by Gasteiger charge is -2.41. The highest BCUT2D eigenvalue weighted by atomic mass is 19.4. The monoisotopic (exact) mass is 329 g/mol. The summed E-state index contributed by atoms with van der Waals surface area (Å²) in [5.74, 6) is 0.161. The number of halogens is 3. The Kier molecular flexibility index (Phi) is 6.09. The molecule has 130 valence electrons. The van der Waals surface area contributed by atoms with Gasteiger partial charge >= 0.3 is 6.18 Å². The summed E-state index contributed by atoms with van der Waals surface area (Å²) in [5.41, 5.74) is 0.245. The number of rotatable bonds is 5. The van der Waals surface area contributed by atoms with Crippen molar-refractivity contribution in [1.29, 1.82) is 0 Å². The second-order valence-corrected chi connectivity index (χ2v) is 6.20. The zero-order chi connectivity index (χ0) is 17.0. The topological polar surface area (TPSA) is 12.5 Å². The number of benzene rings is 1. The van der Waals surface area contributed by atoms with E-state index in [4.69, 9.17) is 4.74 Å². The van der Waals surface area contributed by atoms with Gasteiger partial charge in [0.05, 0.1) is 11.7 Å². The van der Waals surface area contributed by atoms with Gasteiger partial charge in [-0.25, -0.2) is 0 Å². The summed E-state index contributed by atoms with van der Waals surface area (Å²) in [6.07, 6.45) is -1.51. The van der Waals surface area contributed by atoms with E-state index in [0.29, 0.717) is 0 Å². The number of alkyl halides is 3. The number of ether oxygens (including phenoxy) is 1. The van der Waals surface area contributed by atoms with Crippen LogP contribution in [-0.2, 0) is 10.9 Å². The summed E-state index contributed by atoms with van der Waals surface area (Å²) in [5, 5.41) is 0. The highest BCUT2D eigenvalue weighted by molar-refractivity contribution is 5.29. The number of methoxy groups -OCH3 is 1. The molecule has 1 saturated carbocycles. The standard InChI is InChI=1S/C18H26F3NO/c1-4-22(5-2)16-12-14(9-10-17(16)23-3)13-7-6-8-15(11-13)18(19,20)21/h6-8,11,14,16-17H,4-5,9-10,12H2,1-3H3/t14-,16-,17-/m0/s1. The predicted octanol–water partition coefficient (Wildman–Crippen LogP) is 4.70. The Labute approximate surface area is 136 Å². The van der Waals surface area contributed by atoms with Crippen LogP contribution in [0.3, 0.4) is 0 Å². The Morgan fingerprint density at radius 2 is 1.87 bits per heavy atom. The molecule has 3 atom stereocenters. The van der Waals surface area contributed by atoms with E-state index < -0.39 is 11.7 Å². The molecule has 2 rings (SSSR count). The molecule has 1 aliphatic carbocycles. The van der Waals surface area contributed by atoms with Crippen LogP contribution in [0, 0.1) is 0 Å². The van der Waals surface area contributed by atoms with Crippen LogP contribution < -0.4 is 0 Å². The van der Waals surface area contributed by atoms with Crippen molar-refractivity contribution >= 4 is 0 Å². The van der Waals surface area contributed by atoms with Gasteiger partial charge in [-0.2, -0.15) is 13.2 Å². The van der Waals surface area contributed by atoms with Crippen molar-refractivity contribution in [3.05, 3.63) is 35.4 Å². The molecule has 1 fully saturated rings. The highest BCUT2D eigenvalue weighted by Crippen LogP contribution is 2.38. The third kappa shape index (κ3) is 4.27. The first kappa shape index (κ1) is 18.3. The molecule has 0 aliphatic heterocycles. The van der Waals surface area contributed by atoms with Gasteiger partial charge in [-0.15, -0.1) is 0 Å². The van der Waals surface area contributed by atoms with Crippen LogP contribution in [0.25, 0.3) is 0 Å². The van der Waals surface area contributed by atoms with Crippen LogP contribution >= 0.6 is 0 Å². The summed E-state index contributed by atoms with van der Waals surface area (Å²) < 4.78 is 44.4. The molecule has 5 heteroatoms. The highest BCUT2D eigenvalue weighted by Gasteiger charge is 2.35. The first-order valence-corrected chi connectivity index (χ1v) is 8.34. The molecule has 1 aliphatic rings. The maximum atomic E-state index is 12.9. The van der Waals surface area contributed by atoms with E-state index in [1.807, 2.05) is 6.07 Å². The maximum absolute atomic E-state index is 12.9. The molecule has 0 radical (unpaired) electrons. The Morgan fingerprint density at radius 1 is 1.17 bits per heavy atom. The van der Waals surface area contributed by atoms with E-state index in [9.17, 15) is 13.2 Å². The van der Waals surface area contributed by atoms with Gasteiger partial charge in [-0.1, -0.05) is 32.0 Å². The fourth-order valence-electron chi connectivity index (χ4n) is 3.74. The van der Waals surface area contributed by atoms with Crippen LogP contribution in [0.15, 0.2) is 24.3 Å². The Balaban J connectivity index is 2.21. The third-order valence-corrected chi connectivity index (χ3v) is 5.02. The molecule has 23 heavy (non-hydrogen) atoms. The van der Waals surface area contributed by atoms with Gasteiger partial charge in [0.1, 0.15) is 0 Å². The van der Waals surface area contributed by atoms with Crippen LogP contribution in [0.1, 0.15) is 50.2 Å². The summed E-state index contributed by atoms with van der Waals surface area (Å²) in [6.45, 7) is 6.08. The van der Waals surface area contributed by atoms with Gasteiger partial charge in [-0.3, -0.25) is 4.90 Å². The van der Waals surface area contributed by atoms with Crippen molar-refractivity contribution in [3.8, 4) is 0 Å². The Hall–Kier alpha value is -1.07. The van der Waals surface area contributed by atoms with Crippen molar-refractivity contribution in [1.82, 2.24) is 4.90 Å². The van der Waals surface area contributed by atoms with E-state index in [0.717, 1.165) is 44.0 Å². The number of hydrogen-bond acceptors (Lipinski definition) is 2. The summed E-state index contributed by atoms with van der Waals surface area (Å²) in [4.78, 5) is 2.36. The molecule has 1 aromatic carbocycles. The fraction of sp³-hybridized carbons (Fsp3) is 0.667. The SMILES string of the molecule is CCN(CC)[C@H]1C[C@@H](c2cccc(C(F)(F)F)c2)CC[C@@H]1OC. The lowest BCUT2D eigenvalue weighted by molar-refractivity contribution is -0.137. The smallest absolute Gasteiger partial charge is 0.380 e. The summed E-state index contributed by atoms with van der Waals surface area (Å²) in [6, 6.07) is 6.08. The van der Waals surface area contributed by atoms with Crippen molar-refractivity contribution in [2.75, 3.05) is 20.2 Å². The normalized spacial score (nSPS) is 25.8. The molecular weight excluding hydrogens is 303 g/mol. The lowest BCUT2D eigenvalue weighted by atomic mass is 9.78. The van der Waals surface area contributed by atoms with Crippen LogP contribution in [0.5, 0.6) is 0 Å². The fourth-order valence-corrected chi connectivity index (χ4v) is 3.74. The molecule has 0 aromatic heterocycles. The van der Waals surface area contributed by atoms with Crippen molar-refractivity contribution in [2.45, 2.75) is 57.3 Å². The average Bonchev–Trinajstić information content (AvgIpc) is 2.55. The van der Waals surface area contributed by atoms with Crippen LogP contribution in [0.2, 0.25) is 0 Å². The largest absolute Gasteiger partial charge is 0.416 e. The number of hydrogen-bond donors (Lipinski definition) is 0. The number of likely N-dealkylation sites (N-methyl/N-ethyl adjacent to an activating group) is 1. The number of nitrogens with zero attached hydrogens (tertiary/aromatic N) is 1. The quantitative estimate of drug-likeness (QED) is 0.776. The van der Waals surface area contributed by atoms with E-state index in [1.54, 1.807) is 7.11 Å². The van der Waals surface area contributed by atoms with Gasteiger partial charge in [0.15, 0.2) is 0 Å². The van der Waals surface area contributed by atoms with E-state index in [-0.39, 0.29) is 18.1 Å². The molecule has 2 nitrogen and oxygen atoms in total. The molecule has 0 saturated heterocycles. The predicted molar refractivity (Wildman–Crippen MR) is 85.5 cm³/mol. The molecule has 0 N–H and O–H groups in total. The average molecular weight is 329 g/mol. The Bertz CT molecular complexity index is 492. The minimum absolute atomic E-state index is 0.161. The molecule has 0 heterocycles. The zero-order valence-electron chi connectivity index (χ0n) is 14.1. The summed E-state index contributed by atoms with van der Waals surface area (Å²) >= 11 is 0. The Morgan fingerprint density at radius 3 is 2.43 bits per heavy atom. The minimum Gasteiger partial charge on any atom is -0.380 e. The molecule has 0 spiro atoms. The second-order valence-electron chi connectivity index (χ2n) is 6.20. The third-order valence-electron chi connectivity index (χ3n) is 5.02. The molecule has 0 unspecified atom stereocenters. The van der Waals surface area contributed by atoms with E-state index in [2.05, 4.69) is 18.7 Å². The second kappa shape index (κ2) is 7.67. The van der Waals surface area contributed by atoms with Crippen molar-refractivity contribution in [2.24, 2.45) is 0 Å². The van der Waals surface area contributed by atoms with E-state index >= 15 is 0 Å². The molecular formula is C18H26F3NO. The summed E-state index contributed by atoms with van der Waals surface area (Å²) in [7, 11) is 1.73. The minimum atomic E-state index is -4.28. The lowest BCUT2D eigenvalue weighted by Crippen LogP contribution is -2.47. The zero-order valence-corrected chi connectivity index (χ0v) is 14.1.